The Labute approximate surface area is 120 Å². The third-order valence-electron chi connectivity index (χ3n) is 4.20. The van der Waals surface area contributed by atoms with Gasteiger partial charge in [-0.3, -0.25) is 9.59 Å². The minimum absolute atomic E-state index is 0.194. The summed E-state index contributed by atoms with van der Waals surface area (Å²) < 4.78 is 2.16. The summed E-state index contributed by atoms with van der Waals surface area (Å²) in [5.41, 5.74) is 3.10. The van der Waals surface area contributed by atoms with Crippen molar-refractivity contribution in [3.63, 3.8) is 0 Å². The molecule has 1 amide bonds. The average Bonchev–Trinajstić information content (AvgIpc) is 2.75. The molecule has 0 saturated carbocycles. The summed E-state index contributed by atoms with van der Waals surface area (Å²) in [6.07, 6.45) is 3.06. The molecule has 4 nitrogen and oxygen atoms in total. The minimum atomic E-state index is 0.194. The van der Waals surface area contributed by atoms with Gasteiger partial charge in [0.25, 0.3) is 0 Å². The zero-order valence-electron chi connectivity index (χ0n) is 12.7. The van der Waals surface area contributed by atoms with E-state index in [1.807, 2.05) is 31.7 Å². The normalized spacial score (nSPS) is 14.2. The number of nitrogens with zero attached hydrogens (tertiary/aromatic N) is 2. The molecule has 0 unspecified atom stereocenters. The van der Waals surface area contributed by atoms with Gasteiger partial charge in [0.15, 0.2) is 5.78 Å². The first-order valence-corrected chi connectivity index (χ1v) is 7.58. The van der Waals surface area contributed by atoms with Crippen LogP contribution >= 0.6 is 0 Å². The molecule has 0 fully saturated rings. The number of amides is 1. The van der Waals surface area contributed by atoms with Gasteiger partial charge in [0.1, 0.15) is 0 Å². The Morgan fingerprint density at radius 2 is 2.00 bits per heavy atom. The number of hydrogen-bond acceptors (Lipinski definition) is 2. The third-order valence-corrected chi connectivity index (χ3v) is 4.20. The number of carbonyl (C=O) groups is 2. The molecule has 1 heterocycles. The van der Waals surface area contributed by atoms with Crippen molar-refractivity contribution in [2.45, 2.75) is 53.0 Å². The Hall–Kier alpha value is -1.58. The molecule has 0 saturated heterocycles. The van der Waals surface area contributed by atoms with E-state index in [4.69, 9.17) is 0 Å². The summed E-state index contributed by atoms with van der Waals surface area (Å²) in [5, 5.41) is 0. The van der Waals surface area contributed by atoms with E-state index < -0.39 is 0 Å². The lowest BCUT2D eigenvalue weighted by atomic mass is 9.96. The highest BCUT2D eigenvalue weighted by molar-refractivity contribution is 5.98. The van der Waals surface area contributed by atoms with Crippen LogP contribution in [0.2, 0.25) is 0 Å². The van der Waals surface area contributed by atoms with E-state index in [-0.39, 0.29) is 11.7 Å². The van der Waals surface area contributed by atoms with E-state index in [2.05, 4.69) is 4.57 Å². The molecule has 0 atom stereocenters. The summed E-state index contributed by atoms with van der Waals surface area (Å²) >= 11 is 0. The lowest BCUT2D eigenvalue weighted by Crippen LogP contribution is -2.31. The lowest BCUT2D eigenvalue weighted by molar-refractivity contribution is -0.131. The number of aromatic nitrogens is 1. The van der Waals surface area contributed by atoms with Gasteiger partial charge < -0.3 is 9.47 Å². The van der Waals surface area contributed by atoms with Crippen molar-refractivity contribution in [2.75, 3.05) is 13.1 Å². The minimum Gasteiger partial charge on any atom is -0.348 e. The lowest BCUT2D eigenvalue weighted by Gasteiger charge is -2.20. The fraction of sp³-hybridized carbons (Fsp3) is 0.625. The molecule has 4 heteroatoms. The summed E-state index contributed by atoms with van der Waals surface area (Å²) in [5.74, 6) is 0.446. The molecule has 0 aromatic carbocycles. The number of aryl methyl sites for hydroxylation is 1. The van der Waals surface area contributed by atoms with Crippen LogP contribution in [0.15, 0.2) is 6.07 Å². The van der Waals surface area contributed by atoms with Crippen LogP contribution in [0.25, 0.3) is 0 Å². The van der Waals surface area contributed by atoms with E-state index in [0.717, 1.165) is 42.9 Å². The summed E-state index contributed by atoms with van der Waals surface area (Å²) in [4.78, 5) is 25.8. The highest BCUT2D eigenvalue weighted by atomic mass is 16.2. The second-order valence-electron chi connectivity index (χ2n) is 5.39. The first kappa shape index (κ1) is 14.8. The zero-order valence-corrected chi connectivity index (χ0v) is 12.7. The Bertz CT molecular complexity index is 513. The first-order chi connectivity index (χ1) is 9.58. The van der Waals surface area contributed by atoms with Gasteiger partial charge in [-0.25, -0.2) is 0 Å². The van der Waals surface area contributed by atoms with Crippen LogP contribution < -0.4 is 0 Å². The number of ketones is 1. The number of hydrogen-bond donors (Lipinski definition) is 0. The second-order valence-corrected chi connectivity index (χ2v) is 5.39. The van der Waals surface area contributed by atoms with Crippen LogP contribution in [0, 0.1) is 6.92 Å². The van der Waals surface area contributed by atoms with Gasteiger partial charge in [0, 0.05) is 49.4 Å². The molecular formula is C16H24N2O2. The third kappa shape index (κ3) is 2.79. The van der Waals surface area contributed by atoms with Gasteiger partial charge >= 0.3 is 0 Å². The Morgan fingerprint density at radius 1 is 1.30 bits per heavy atom. The van der Waals surface area contributed by atoms with Gasteiger partial charge in [-0.2, -0.15) is 0 Å². The van der Waals surface area contributed by atoms with Gasteiger partial charge in [-0.1, -0.05) is 0 Å². The summed E-state index contributed by atoms with van der Waals surface area (Å²) in [6.45, 7) is 8.23. The molecule has 110 valence electrons. The van der Waals surface area contributed by atoms with Crippen molar-refractivity contribution in [3.8, 4) is 0 Å². The van der Waals surface area contributed by atoms with Gasteiger partial charge in [0.05, 0.1) is 0 Å². The van der Waals surface area contributed by atoms with Crippen LogP contribution in [0.3, 0.4) is 0 Å². The monoisotopic (exact) mass is 276 g/mol. The summed E-state index contributed by atoms with van der Waals surface area (Å²) in [7, 11) is 0. The quantitative estimate of drug-likeness (QED) is 0.829. The van der Waals surface area contributed by atoms with Crippen LogP contribution in [-0.4, -0.2) is 34.2 Å². The van der Waals surface area contributed by atoms with Crippen LogP contribution in [0.1, 0.15) is 54.9 Å². The van der Waals surface area contributed by atoms with Crippen molar-refractivity contribution in [1.82, 2.24) is 9.47 Å². The molecule has 1 aliphatic rings. The van der Waals surface area contributed by atoms with Crippen molar-refractivity contribution in [3.05, 3.63) is 23.0 Å². The topological polar surface area (TPSA) is 42.3 Å². The molecule has 0 radical (unpaired) electrons. The smallest absolute Gasteiger partial charge is 0.224 e. The molecule has 0 bridgehead atoms. The number of Topliss-reactive ketones (excluding diaryl/α,β-unsaturated/α-hetero) is 1. The van der Waals surface area contributed by atoms with Crippen molar-refractivity contribution >= 4 is 11.7 Å². The maximum absolute atomic E-state index is 12.1. The maximum atomic E-state index is 12.1. The molecule has 1 aromatic heterocycles. The van der Waals surface area contributed by atoms with E-state index >= 15 is 0 Å². The zero-order chi connectivity index (χ0) is 14.7. The van der Waals surface area contributed by atoms with E-state index in [0.29, 0.717) is 19.4 Å². The fourth-order valence-corrected chi connectivity index (χ4v) is 3.04. The predicted octanol–water partition coefficient (Wildman–Crippen LogP) is 2.57. The average molecular weight is 276 g/mol. The van der Waals surface area contributed by atoms with Crippen LogP contribution in [0.5, 0.6) is 0 Å². The van der Waals surface area contributed by atoms with E-state index in [9.17, 15) is 9.59 Å². The van der Waals surface area contributed by atoms with E-state index in [1.54, 1.807) is 0 Å². The first-order valence-electron chi connectivity index (χ1n) is 7.58. The number of carbonyl (C=O) groups excluding carboxylic acids is 2. The van der Waals surface area contributed by atoms with Gasteiger partial charge in [-0.15, -0.1) is 0 Å². The highest BCUT2D eigenvalue weighted by Crippen LogP contribution is 2.25. The largest absolute Gasteiger partial charge is 0.348 e. The van der Waals surface area contributed by atoms with Crippen molar-refractivity contribution < 1.29 is 9.59 Å². The molecule has 0 spiro atoms. The Kier molecular flexibility index (Phi) is 4.63. The second kappa shape index (κ2) is 6.25. The molecule has 0 aliphatic heterocycles. The standard InChI is InChI=1S/C16H24N2O2/c1-4-17(5-2)16(20)9-10-18-12(3)11-13-14(18)7-6-8-15(13)19/h11H,4-10H2,1-3H3. The molecule has 2 rings (SSSR count). The maximum Gasteiger partial charge on any atom is 0.224 e. The Balaban J connectivity index is 2.11. The Morgan fingerprint density at radius 3 is 2.65 bits per heavy atom. The molecule has 1 aliphatic carbocycles. The van der Waals surface area contributed by atoms with Crippen LogP contribution in [0.4, 0.5) is 0 Å². The number of fused-ring (bicyclic) bond motifs is 1. The van der Waals surface area contributed by atoms with Gasteiger partial charge in [0.2, 0.25) is 5.91 Å². The van der Waals surface area contributed by atoms with E-state index in [1.165, 1.54) is 0 Å². The molecular weight excluding hydrogens is 252 g/mol. The SMILES string of the molecule is CCN(CC)C(=O)CCn1c(C)cc2c1CCCC2=O. The van der Waals surface area contributed by atoms with Crippen LogP contribution in [-0.2, 0) is 17.8 Å². The molecule has 20 heavy (non-hydrogen) atoms. The van der Waals surface area contributed by atoms with Gasteiger partial charge in [-0.05, 0) is 39.7 Å². The summed E-state index contributed by atoms with van der Waals surface area (Å²) in [6, 6.07) is 1.98. The number of rotatable bonds is 5. The van der Waals surface area contributed by atoms with Crippen molar-refractivity contribution in [2.24, 2.45) is 0 Å². The predicted molar refractivity (Wildman–Crippen MR) is 79.0 cm³/mol. The highest BCUT2D eigenvalue weighted by Gasteiger charge is 2.22. The van der Waals surface area contributed by atoms with Crippen molar-refractivity contribution in [1.29, 1.82) is 0 Å². The molecule has 1 aromatic rings. The fourth-order valence-electron chi connectivity index (χ4n) is 3.04. The molecule has 0 N–H and O–H groups in total.